The molecule has 0 saturated heterocycles. The first-order chi connectivity index (χ1) is 43.6. The van der Waals surface area contributed by atoms with Gasteiger partial charge < -0.3 is 18.9 Å². The van der Waals surface area contributed by atoms with Crippen molar-refractivity contribution >= 4 is 77.7 Å². The van der Waals surface area contributed by atoms with Crippen LogP contribution in [0.3, 0.4) is 0 Å². The number of benzene rings is 14. The first-order valence-electron chi connectivity index (χ1n) is 30.1. The molecule has 0 atom stereocenters. The van der Waals surface area contributed by atoms with Gasteiger partial charge in [0.05, 0.1) is 33.4 Å². The van der Waals surface area contributed by atoms with E-state index in [1.54, 1.807) is 0 Å². The summed E-state index contributed by atoms with van der Waals surface area (Å²) in [5, 5.41) is 4.88. The summed E-state index contributed by atoms with van der Waals surface area (Å²) >= 11 is 0. The second-order valence-electron chi connectivity index (χ2n) is 22.5. The lowest BCUT2D eigenvalue weighted by atomic mass is 9.97. The van der Waals surface area contributed by atoms with Crippen LogP contribution in [0.15, 0.2) is 352 Å². The summed E-state index contributed by atoms with van der Waals surface area (Å²) in [6, 6.07) is 128. The SMILES string of the molecule is c1ccc(-c2ccc(N(c3ccc(-c4ccccc4)cc3)c3cccc(-n4c5ccccc5c5cc(-c6cccc(-c7ccc(N(c8ccc(-c9ccccc9)cc8)c8ccccc8-n8c9ccccc9c9ccccc98)cc7)c6)ccc54)c3)cc2)cc1. The molecule has 0 N–H and O–H groups in total. The second kappa shape index (κ2) is 22.4. The van der Waals surface area contributed by atoms with E-state index in [-0.39, 0.29) is 0 Å². The molecule has 88 heavy (non-hydrogen) atoms. The molecule has 0 unspecified atom stereocenters. The van der Waals surface area contributed by atoms with E-state index in [1.165, 1.54) is 71.5 Å². The summed E-state index contributed by atoms with van der Waals surface area (Å²) in [6.45, 7) is 0. The van der Waals surface area contributed by atoms with Crippen molar-refractivity contribution < 1.29 is 0 Å². The number of hydrogen-bond acceptors (Lipinski definition) is 2. The van der Waals surface area contributed by atoms with Crippen LogP contribution >= 0.6 is 0 Å². The molecule has 414 valence electrons. The van der Waals surface area contributed by atoms with E-state index in [0.717, 1.165) is 73.2 Å². The smallest absolute Gasteiger partial charge is 0.0702 e. The number of rotatable bonds is 13. The van der Waals surface area contributed by atoms with Crippen molar-refractivity contribution in [3.05, 3.63) is 352 Å². The summed E-state index contributed by atoms with van der Waals surface area (Å²) < 4.78 is 4.85. The van der Waals surface area contributed by atoms with E-state index >= 15 is 0 Å². The molecule has 2 heterocycles. The van der Waals surface area contributed by atoms with Crippen LogP contribution in [0.1, 0.15) is 0 Å². The largest absolute Gasteiger partial charge is 0.310 e. The highest BCUT2D eigenvalue weighted by Gasteiger charge is 2.22. The molecule has 14 aromatic carbocycles. The Kier molecular flexibility index (Phi) is 13.2. The van der Waals surface area contributed by atoms with Crippen molar-refractivity contribution in [2.24, 2.45) is 0 Å². The summed E-state index contributed by atoms with van der Waals surface area (Å²) in [5.74, 6) is 0. The Morgan fingerprint density at radius 2 is 0.523 bits per heavy atom. The van der Waals surface area contributed by atoms with Crippen molar-refractivity contribution in [3.8, 4) is 67.0 Å². The highest BCUT2D eigenvalue weighted by Crippen LogP contribution is 2.45. The van der Waals surface area contributed by atoms with Gasteiger partial charge in [-0.25, -0.2) is 0 Å². The number of hydrogen-bond donors (Lipinski definition) is 0. The van der Waals surface area contributed by atoms with Gasteiger partial charge in [0.2, 0.25) is 0 Å². The molecule has 0 bridgehead atoms. The lowest BCUT2D eigenvalue weighted by Crippen LogP contribution is -2.13. The van der Waals surface area contributed by atoms with E-state index in [0.29, 0.717) is 0 Å². The van der Waals surface area contributed by atoms with Gasteiger partial charge in [0, 0.05) is 55.7 Å². The zero-order valence-corrected chi connectivity index (χ0v) is 48.3. The van der Waals surface area contributed by atoms with E-state index < -0.39 is 0 Å². The molecule has 4 nitrogen and oxygen atoms in total. The predicted molar refractivity (Wildman–Crippen MR) is 372 cm³/mol. The van der Waals surface area contributed by atoms with Crippen LogP contribution in [0.2, 0.25) is 0 Å². The minimum atomic E-state index is 1.07. The van der Waals surface area contributed by atoms with Gasteiger partial charge in [-0.3, -0.25) is 0 Å². The summed E-state index contributed by atoms with van der Waals surface area (Å²) in [6.07, 6.45) is 0. The molecule has 16 aromatic rings. The van der Waals surface area contributed by atoms with Gasteiger partial charge in [0.25, 0.3) is 0 Å². The van der Waals surface area contributed by atoms with Crippen LogP contribution in [-0.4, -0.2) is 9.13 Å². The van der Waals surface area contributed by atoms with Crippen LogP contribution in [0.4, 0.5) is 34.1 Å². The van der Waals surface area contributed by atoms with E-state index in [4.69, 9.17) is 0 Å². The Bertz CT molecular complexity index is 5030. The zero-order chi connectivity index (χ0) is 58.3. The fourth-order valence-electron chi connectivity index (χ4n) is 13.1. The molecule has 0 amide bonds. The van der Waals surface area contributed by atoms with Crippen molar-refractivity contribution in [1.82, 2.24) is 9.13 Å². The topological polar surface area (TPSA) is 16.3 Å². The quantitative estimate of drug-likeness (QED) is 0.114. The Labute approximate surface area is 512 Å². The molecule has 0 fully saturated rings. The molecule has 0 aliphatic carbocycles. The molecule has 0 aliphatic heterocycles. The molecule has 4 heteroatoms. The standard InChI is InChI=1S/C84H58N4/c1-4-20-59(21-5-1)62-38-47-69(48-39-62)85(70-49-40-63(41-50-70)60-22-6-2-7-23-60)73-28-19-29-74(58-73)87-79-33-13-12-32-77(79)78-57-68(46-55-82(78)87)67-27-18-26-66(56-67)65-44-53-72(54-45-65)86(71-51-42-64(43-52-71)61-24-8-3-9-25-61)83-36-16-17-37-84(83)88-80-34-14-10-30-75(80)76-31-11-15-35-81(76)88/h1-58H. The van der Waals surface area contributed by atoms with Gasteiger partial charge in [-0.1, -0.05) is 237 Å². The van der Waals surface area contributed by atoms with E-state index in [2.05, 4.69) is 371 Å². The van der Waals surface area contributed by atoms with Crippen LogP contribution in [0.25, 0.3) is 111 Å². The fraction of sp³-hybridized carbons (Fsp3) is 0. The maximum Gasteiger partial charge on any atom is 0.0702 e. The maximum absolute atomic E-state index is 2.42. The van der Waals surface area contributed by atoms with Crippen LogP contribution in [0.5, 0.6) is 0 Å². The van der Waals surface area contributed by atoms with Crippen molar-refractivity contribution in [2.45, 2.75) is 0 Å². The number of nitrogens with zero attached hydrogens (tertiary/aromatic N) is 4. The molecule has 0 aliphatic rings. The lowest BCUT2D eigenvalue weighted by Gasteiger charge is -2.28. The van der Waals surface area contributed by atoms with Crippen molar-refractivity contribution in [1.29, 1.82) is 0 Å². The Hall–Kier alpha value is -11.7. The van der Waals surface area contributed by atoms with Gasteiger partial charge in [-0.05, 0) is 171 Å². The summed E-state index contributed by atoms with van der Waals surface area (Å²) in [5.41, 5.74) is 25.1. The highest BCUT2D eigenvalue weighted by atomic mass is 15.2. The van der Waals surface area contributed by atoms with Gasteiger partial charge in [-0.15, -0.1) is 0 Å². The Balaban J connectivity index is 0.749. The van der Waals surface area contributed by atoms with E-state index in [9.17, 15) is 0 Å². The zero-order valence-electron chi connectivity index (χ0n) is 48.3. The number of para-hydroxylation sites is 5. The van der Waals surface area contributed by atoms with Gasteiger partial charge >= 0.3 is 0 Å². The monoisotopic (exact) mass is 1120 g/mol. The van der Waals surface area contributed by atoms with Crippen LogP contribution in [0, 0.1) is 0 Å². The Morgan fingerprint density at radius 1 is 0.182 bits per heavy atom. The minimum absolute atomic E-state index is 1.07. The first-order valence-corrected chi connectivity index (χ1v) is 30.1. The normalized spacial score (nSPS) is 11.4. The van der Waals surface area contributed by atoms with Crippen molar-refractivity contribution in [3.63, 3.8) is 0 Å². The van der Waals surface area contributed by atoms with Crippen LogP contribution < -0.4 is 9.80 Å². The second-order valence-corrected chi connectivity index (χ2v) is 22.5. The third-order valence-corrected chi connectivity index (χ3v) is 17.3. The minimum Gasteiger partial charge on any atom is -0.310 e. The van der Waals surface area contributed by atoms with Gasteiger partial charge in [0.15, 0.2) is 0 Å². The maximum atomic E-state index is 2.42. The lowest BCUT2D eigenvalue weighted by molar-refractivity contribution is 1.15. The predicted octanol–water partition coefficient (Wildman–Crippen LogP) is 23.2. The first kappa shape index (κ1) is 51.9. The summed E-state index contributed by atoms with van der Waals surface area (Å²) in [4.78, 5) is 4.77. The molecule has 2 aromatic heterocycles. The van der Waals surface area contributed by atoms with Crippen molar-refractivity contribution in [2.75, 3.05) is 9.80 Å². The summed E-state index contributed by atoms with van der Waals surface area (Å²) in [7, 11) is 0. The molecular weight excluding hydrogens is 1060 g/mol. The number of aromatic nitrogens is 2. The van der Waals surface area contributed by atoms with Gasteiger partial charge in [0.1, 0.15) is 0 Å². The molecule has 0 radical (unpaired) electrons. The molecular formula is C84H58N4. The average Bonchev–Trinajstić information content (AvgIpc) is 2.52. The molecule has 0 saturated carbocycles. The third-order valence-electron chi connectivity index (χ3n) is 17.3. The molecule has 0 spiro atoms. The fourth-order valence-corrected chi connectivity index (χ4v) is 13.1. The molecule has 16 rings (SSSR count). The van der Waals surface area contributed by atoms with Crippen LogP contribution in [-0.2, 0) is 0 Å². The number of fused-ring (bicyclic) bond motifs is 6. The van der Waals surface area contributed by atoms with Gasteiger partial charge in [-0.2, -0.15) is 0 Å². The average molecular weight is 1120 g/mol. The number of anilines is 6. The highest BCUT2D eigenvalue weighted by molar-refractivity contribution is 6.11. The Morgan fingerprint density at radius 3 is 1.03 bits per heavy atom. The van der Waals surface area contributed by atoms with E-state index in [1.807, 2.05) is 0 Å². The third kappa shape index (κ3) is 9.47.